The summed E-state index contributed by atoms with van der Waals surface area (Å²) in [6, 6.07) is 1.28. The lowest BCUT2D eigenvalue weighted by atomic mass is 10.2. The number of carbonyl (C=O) groups excluding carboxylic acids is 1. The van der Waals surface area contributed by atoms with Crippen molar-refractivity contribution in [1.82, 2.24) is 15.1 Å². The van der Waals surface area contributed by atoms with Gasteiger partial charge >= 0.3 is 0 Å². The zero-order valence-corrected chi connectivity index (χ0v) is 10.9. The maximum absolute atomic E-state index is 12.2. The van der Waals surface area contributed by atoms with Crippen molar-refractivity contribution in [3.8, 4) is 0 Å². The fourth-order valence-electron chi connectivity index (χ4n) is 2.90. The van der Waals surface area contributed by atoms with Crippen LogP contribution in [0.1, 0.15) is 26.7 Å². The van der Waals surface area contributed by atoms with Gasteiger partial charge in [0.2, 0.25) is 5.91 Å². The van der Waals surface area contributed by atoms with E-state index in [0.717, 1.165) is 32.1 Å². The van der Waals surface area contributed by atoms with Crippen LogP contribution in [0, 0.1) is 5.92 Å². The highest BCUT2D eigenvalue weighted by molar-refractivity contribution is 5.86. The van der Waals surface area contributed by atoms with E-state index in [4.69, 9.17) is 0 Å². The number of piperazine rings is 1. The summed E-state index contributed by atoms with van der Waals surface area (Å²) in [7, 11) is 0. The number of carbonyl (C=O) groups is 1. The lowest BCUT2D eigenvalue weighted by molar-refractivity contribution is -0.132. The molecule has 0 aromatic heterocycles. The second-order valence-electron chi connectivity index (χ2n) is 5.96. The van der Waals surface area contributed by atoms with Gasteiger partial charge in [0.05, 0.1) is 0 Å². The summed E-state index contributed by atoms with van der Waals surface area (Å²) in [4.78, 5) is 16.7. The Morgan fingerprint density at radius 1 is 1.18 bits per heavy atom. The summed E-state index contributed by atoms with van der Waals surface area (Å²) in [5.41, 5.74) is 0. The van der Waals surface area contributed by atoms with Crippen LogP contribution in [0.5, 0.6) is 0 Å². The van der Waals surface area contributed by atoms with Crippen molar-refractivity contribution in [3.05, 3.63) is 0 Å². The molecule has 0 bridgehead atoms. The molecule has 2 aliphatic heterocycles. The second-order valence-corrected chi connectivity index (χ2v) is 5.96. The SMILES string of the molecule is CC(C)N1CCN(C(=O)[C@@H]2N[C@H]2C2CC2)CC1. The van der Waals surface area contributed by atoms with Gasteiger partial charge in [0.15, 0.2) is 0 Å². The fourth-order valence-corrected chi connectivity index (χ4v) is 2.90. The molecule has 1 amide bonds. The molecule has 0 spiro atoms. The van der Waals surface area contributed by atoms with Crippen molar-refractivity contribution in [2.75, 3.05) is 26.2 Å². The van der Waals surface area contributed by atoms with E-state index >= 15 is 0 Å². The highest BCUT2D eigenvalue weighted by Gasteiger charge is 2.52. The van der Waals surface area contributed by atoms with E-state index in [9.17, 15) is 4.79 Å². The summed E-state index contributed by atoms with van der Waals surface area (Å²) in [6.45, 7) is 8.33. The molecular weight excluding hydrogens is 214 g/mol. The standard InChI is InChI=1S/C13H23N3O/c1-9(2)15-5-7-16(8-6-15)13(17)12-11(14-12)10-3-4-10/h9-12,14H,3-8H2,1-2H3/t11-,12+/m0/s1. The Kier molecular flexibility index (Phi) is 2.87. The van der Waals surface area contributed by atoms with E-state index in [0.29, 0.717) is 18.0 Å². The molecule has 1 N–H and O–H groups in total. The molecule has 2 saturated heterocycles. The fraction of sp³-hybridized carbons (Fsp3) is 0.923. The zero-order valence-electron chi connectivity index (χ0n) is 10.9. The van der Waals surface area contributed by atoms with Gasteiger partial charge in [0, 0.05) is 38.3 Å². The van der Waals surface area contributed by atoms with Crippen molar-refractivity contribution in [3.63, 3.8) is 0 Å². The van der Waals surface area contributed by atoms with E-state index in [-0.39, 0.29) is 6.04 Å². The van der Waals surface area contributed by atoms with Crippen LogP contribution < -0.4 is 5.32 Å². The lowest BCUT2D eigenvalue weighted by Crippen LogP contribution is -2.52. The van der Waals surface area contributed by atoms with E-state index in [2.05, 4.69) is 29.0 Å². The number of hydrogen-bond donors (Lipinski definition) is 1. The first-order valence-corrected chi connectivity index (χ1v) is 6.95. The normalized spacial score (nSPS) is 34.2. The molecule has 17 heavy (non-hydrogen) atoms. The van der Waals surface area contributed by atoms with Gasteiger partial charge in [-0.1, -0.05) is 0 Å². The van der Waals surface area contributed by atoms with Crippen LogP contribution in [0.2, 0.25) is 0 Å². The maximum atomic E-state index is 12.2. The largest absolute Gasteiger partial charge is 0.339 e. The molecular formula is C13H23N3O. The molecule has 1 aliphatic carbocycles. The van der Waals surface area contributed by atoms with Crippen LogP contribution >= 0.6 is 0 Å². The monoisotopic (exact) mass is 237 g/mol. The van der Waals surface area contributed by atoms with Gasteiger partial charge in [-0.05, 0) is 32.6 Å². The van der Waals surface area contributed by atoms with Gasteiger partial charge in [-0.15, -0.1) is 0 Å². The van der Waals surface area contributed by atoms with Gasteiger partial charge in [-0.25, -0.2) is 0 Å². The van der Waals surface area contributed by atoms with Crippen LogP contribution in [-0.4, -0.2) is 60.0 Å². The highest BCUT2D eigenvalue weighted by atomic mass is 16.2. The van der Waals surface area contributed by atoms with Gasteiger partial charge in [0.25, 0.3) is 0 Å². The first kappa shape index (κ1) is 11.5. The van der Waals surface area contributed by atoms with E-state index in [1.165, 1.54) is 12.8 Å². The number of amides is 1. The highest BCUT2D eigenvalue weighted by Crippen LogP contribution is 2.40. The van der Waals surface area contributed by atoms with Crippen molar-refractivity contribution >= 4 is 5.91 Å². The topological polar surface area (TPSA) is 45.5 Å². The van der Waals surface area contributed by atoms with Crippen LogP contribution in [0.4, 0.5) is 0 Å². The zero-order chi connectivity index (χ0) is 12.0. The molecule has 96 valence electrons. The maximum Gasteiger partial charge on any atom is 0.241 e. The molecule has 4 nitrogen and oxygen atoms in total. The molecule has 0 aromatic rings. The summed E-state index contributed by atoms with van der Waals surface area (Å²) in [6.07, 6.45) is 2.64. The predicted molar refractivity (Wildman–Crippen MR) is 66.7 cm³/mol. The van der Waals surface area contributed by atoms with Crippen LogP contribution in [0.3, 0.4) is 0 Å². The Hall–Kier alpha value is -0.610. The first-order chi connectivity index (χ1) is 8.16. The minimum absolute atomic E-state index is 0.160. The third-order valence-corrected chi connectivity index (χ3v) is 4.37. The number of nitrogens with zero attached hydrogens (tertiary/aromatic N) is 2. The number of hydrogen-bond acceptors (Lipinski definition) is 3. The van der Waals surface area contributed by atoms with Crippen LogP contribution in [0.25, 0.3) is 0 Å². The Bertz CT molecular complexity index is 306. The molecule has 0 unspecified atom stereocenters. The molecule has 0 aromatic carbocycles. The predicted octanol–water partition coefficient (Wildman–Crippen LogP) is 0.289. The lowest BCUT2D eigenvalue weighted by Gasteiger charge is -2.36. The van der Waals surface area contributed by atoms with Crippen molar-refractivity contribution in [2.24, 2.45) is 5.92 Å². The van der Waals surface area contributed by atoms with Crippen LogP contribution in [0.15, 0.2) is 0 Å². The Morgan fingerprint density at radius 3 is 2.35 bits per heavy atom. The summed E-state index contributed by atoms with van der Waals surface area (Å²) in [5.74, 6) is 1.16. The average molecular weight is 237 g/mol. The van der Waals surface area contributed by atoms with Gasteiger partial charge in [-0.3, -0.25) is 15.0 Å². The van der Waals surface area contributed by atoms with Crippen molar-refractivity contribution < 1.29 is 4.79 Å². The Balaban J connectivity index is 1.48. The minimum Gasteiger partial charge on any atom is -0.339 e. The number of rotatable bonds is 3. The molecule has 4 heteroatoms. The summed E-state index contributed by atoms with van der Waals surface area (Å²) < 4.78 is 0. The average Bonchev–Trinajstić information content (AvgIpc) is 3.16. The smallest absolute Gasteiger partial charge is 0.241 e. The van der Waals surface area contributed by atoms with Crippen molar-refractivity contribution in [2.45, 2.75) is 44.8 Å². The molecule has 3 aliphatic rings. The quantitative estimate of drug-likeness (QED) is 0.718. The Morgan fingerprint density at radius 2 is 1.82 bits per heavy atom. The van der Waals surface area contributed by atoms with Gasteiger partial charge < -0.3 is 4.90 Å². The molecule has 3 rings (SSSR count). The van der Waals surface area contributed by atoms with Crippen LogP contribution in [-0.2, 0) is 4.79 Å². The third-order valence-electron chi connectivity index (χ3n) is 4.37. The Labute approximate surface area is 103 Å². The molecule has 0 radical (unpaired) electrons. The van der Waals surface area contributed by atoms with E-state index in [1.54, 1.807) is 0 Å². The van der Waals surface area contributed by atoms with E-state index < -0.39 is 0 Å². The summed E-state index contributed by atoms with van der Waals surface area (Å²) in [5, 5.41) is 3.36. The second kappa shape index (κ2) is 4.25. The molecule has 1 saturated carbocycles. The summed E-state index contributed by atoms with van der Waals surface area (Å²) >= 11 is 0. The van der Waals surface area contributed by atoms with Gasteiger partial charge in [-0.2, -0.15) is 0 Å². The third kappa shape index (κ3) is 2.33. The van der Waals surface area contributed by atoms with Crippen molar-refractivity contribution in [1.29, 1.82) is 0 Å². The molecule has 3 fully saturated rings. The minimum atomic E-state index is 0.160. The molecule has 2 heterocycles. The van der Waals surface area contributed by atoms with Gasteiger partial charge in [0.1, 0.15) is 6.04 Å². The van der Waals surface area contributed by atoms with E-state index in [1.807, 2.05) is 0 Å². The molecule has 2 atom stereocenters. The number of nitrogens with one attached hydrogen (secondary N) is 1. The first-order valence-electron chi connectivity index (χ1n) is 6.95.